The summed E-state index contributed by atoms with van der Waals surface area (Å²) in [6.07, 6.45) is -3.07. The van der Waals surface area contributed by atoms with Gasteiger partial charge in [0.25, 0.3) is 0 Å². The molecule has 1 aromatic carbocycles. The van der Waals surface area contributed by atoms with Crippen molar-refractivity contribution in [2.45, 2.75) is 30.7 Å². The maximum atomic E-state index is 14.5. The lowest BCUT2D eigenvalue weighted by molar-refractivity contribution is -0.158. The third-order valence-electron chi connectivity index (χ3n) is 4.31. The molecule has 0 aliphatic carbocycles. The summed E-state index contributed by atoms with van der Waals surface area (Å²) in [5.74, 6) is -5.64. The van der Waals surface area contributed by atoms with Crippen molar-refractivity contribution in [2.75, 3.05) is 0 Å². The van der Waals surface area contributed by atoms with E-state index in [1.807, 2.05) is 0 Å². The van der Waals surface area contributed by atoms with Crippen LogP contribution in [0.1, 0.15) is 23.6 Å². The molecule has 6 nitrogen and oxygen atoms in total. The minimum absolute atomic E-state index is 0.405. The highest BCUT2D eigenvalue weighted by Gasteiger charge is 2.49. The van der Waals surface area contributed by atoms with Crippen molar-refractivity contribution < 1.29 is 31.4 Å². The molecular formula is C17H13F6N5O. The monoisotopic (exact) mass is 417 g/mol. The van der Waals surface area contributed by atoms with Gasteiger partial charge in [-0.1, -0.05) is 6.07 Å². The highest BCUT2D eigenvalue weighted by molar-refractivity contribution is 5.30. The molecule has 29 heavy (non-hydrogen) atoms. The van der Waals surface area contributed by atoms with Gasteiger partial charge in [0.05, 0.1) is 24.9 Å². The van der Waals surface area contributed by atoms with Crippen LogP contribution in [0.15, 0.2) is 43.4 Å². The van der Waals surface area contributed by atoms with Gasteiger partial charge < -0.3 is 5.11 Å². The molecule has 0 fully saturated rings. The fourth-order valence-electron chi connectivity index (χ4n) is 3.09. The van der Waals surface area contributed by atoms with E-state index in [2.05, 4.69) is 20.1 Å². The normalized spacial score (nSPS) is 15.1. The van der Waals surface area contributed by atoms with E-state index in [0.29, 0.717) is 12.3 Å². The minimum atomic E-state index is -4.88. The smallest absolute Gasteiger partial charge is 0.382 e. The molecule has 12 heteroatoms. The van der Waals surface area contributed by atoms with Gasteiger partial charge >= 0.3 is 6.18 Å². The third kappa shape index (κ3) is 4.53. The van der Waals surface area contributed by atoms with Crippen LogP contribution < -0.4 is 0 Å². The molecule has 2 aromatic heterocycles. The van der Waals surface area contributed by atoms with E-state index in [1.165, 1.54) is 0 Å². The molecule has 0 aliphatic rings. The fourth-order valence-corrected chi connectivity index (χ4v) is 3.09. The van der Waals surface area contributed by atoms with Gasteiger partial charge in [-0.25, -0.2) is 32.8 Å². The number of rotatable bonds is 6. The second kappa shape index (κ2) is 7.78. The van der Waals surface area contributed by atoms with Gasteiger partial charge in [0.2, 0.25) is 0 Å². The summed E-state index contributed by atoms with van der Waals surface area (Å²) in [7, 11) is 0. The zero-order valence-electron chi connectivity index (χ0n) is 14.5. The van der Waals surface area contributed by atoms with Gasteiger partial charge in [-0.05, 0) is 6.07 Å². The first-order chi connectivity index (χ1) is 13.6. The average Bonchev–Trinajstić information content (AvgIpc) is 3.12. The average molecular weight is 417 g/mol. The van der Waals surface area contributed by atoms with Crippen molar-refractivity contribution >= 4 is 0 Å². The first kappa shape index (κ1) is 20.7. The molecule has 0 bridgehead atoms. The predicted molar refractivity (Wildman–Crippen MR) is 85.7 cm³/mol. The Balaban J connectivity index is 2.23. The summed E-state index contributed by atoms with van der Waals surface area (Å²) in [5, 5.41) is 15.1. The Morgan fingerprint density at radius 2 is 1.79 bits per heavy atom. The van der Waals surface area contributed by atoms with E-state index >= 15 is 0 Å². The van der Waals surface area contributed by atoms with Crippen LogP contribution in [0.25, 0.3) is 0 Å². The predicted octanol–water partition coefficient (Wildman–Crippen LogP) is 3.11. The number of aliphatic hydroxyl groups is 1. The first-order valence-electron chi connectivity index (χ1n) is 8.12. The molecule has 0 radical (unpaired) electrons. The molecule has 0 saturated carbocycles. The van der Waals surface area contributed by atoms with Gasteiger partial charge in [0.15, 0.2) is 5.82 Å². The maximum Gasteiger partial charge on any atom is 0.389 e. The largest absolute Gasteiger partial charge is 0.389 e. The molecular weight excluding hydrogens is 404 g/mol. The summed E-state index contributed by atoms with van der Waals surface area (Å²) >= 11 is 0. The van der Waals surface area contributed by atoms with Crippen LogP contribution in [0.3, 0.4) is 0 Å². The lowest BCUT2D eigenvalue weighted by Gasteiger charge is -2.37. The zero-order valence-corrected chi connectivity index (χ0v) is 14.5. The topological polar surface area (TPSA) is 76.7 Å². The van der Waals surface area contributed by atoms with Crippen molar-refractivity contribution in [3.8, 4) is 0 Å². The van der Waals surface area contributed by atoms with Gasteiger partial charge in [-0.3, -0.25) is 0 Å². The maximum absolute atomic E-state index is 14.5. The van der Waals surface area contributed by atoms with Gasteiger partial charge in [0.1, 0.15) is 36.2 Å². The molecule has 1 N–H and O–H groups in total. The van der Waals surface area contributed by atoms with E-state index < -0.39 is 59.4 Å². The lowest BCUT2D eigenvalue weighted by Crippen LogP contribution is -2.42. The molecule has 0 unspecified atom stereocenters. The lowest BCUT2D eigenvalue weighted by atomic mass is 9.76. The van der Waals surface area contributed by atoms with Crippen LogP contribution in [0.2, 0.25) is 0 Å². The number of benzene rings is 1. The standard InChI is InChI=1S/C17H13F6N5O/c18-10-1-2-11(13(19)3-10)16(29,6-28-9-25-8-27-28)12(4-17(21,22)23)15-14(20)5-24-7-26-15/h1-3,5,7-9,12,29H,4,6H2/t12-,16-/m0/s1. The van der Waals surface area contributed by atoms with E-state index in [1.54, 1.807) is 0 Å². The minimum Gasteiger partial charge on any atom is -0.382 e. The van der Waals surface area contributed by atoms with Crippen LogP contribution in [0.4, 0.5) is 26.3 Å². The molecule has 3 rings (SSSR count). The van der Waals surface area contributed by atoms with Crippen molar-refractivity contribution in [2.24, 2.45) is 0 Å². The van der Waals surface area contributed by atoms with Crippen LogP contribution in [-0.2, 0) is 12.1 Å². The highest BCUT2D eigenvalue weighted by atomic mass is 19.4. The van der Waals surface area contributed by atoms with Crippen LogP contribution in [0, 0.1) is 17.5 Å². The summed E-state index contributed by atoms with van der Waals surface area (Å²) in [6.45, 7) is -0.736. The Labute approximate surface area is 159 Å². The number of nitrogens with zero attached hydrogens (tertiary/aromatic N) is 5. The van der Waals surface area contributed by atoms with Gasteiger partial charge in [-0.2, -0.15) is 18.3 Å². The molecule has 154 valence electrons. The first-order valence-corrected chi connectivity index (χ1v) is 8.12. The van der Waals surface area contributed by atoms with Crippen LogP contribution >= 0.6 is 0 Å². The molecule has 0 spiro atoms. The van der Waals surface area contributed by atoms with Crippen molar-refractivity contribution in [1.82, 2.24) is 24.7 Å². The second-order valence-corrected chi connectivity index (χ2v) is 6.27. The van der Waals surface area contributed by atoms with E-state index in [9.17, 15) is 31.4 Å². The molecule has 3 aromatic rings. The van der Waals surface area contributed by atoms with E-state index in [0.717, 1.165) is 35.8 Å². The van der Waals surface area contributed by atoms with Crippen molar-refractivity contribution in [3.05, 3.63) is 72.1 Å². The summed E-state index contributed by atoms with van der Waals surface area (Å²) in [6, 6.07) is 1.97. The number of hydrogen-bond donors (Lipinski definition) is 1. The summed E-state index contributed by atoms with van der Waals surface area (Å²) in [5.41, 5.74) is -4.17. The Hall–Kier alpha value is -3.02. The Bertz CT molecular complexity index is 981. The molecule has 2 atom stereocenters. The molecule has 2 heterocycles. The third-order valence-corrected chi connectivity index (χ3v) is 4.31. The Morgan fingerprint density at radius 1 is 1.03 bits per heavy atom. The highest BCUT2D eigenvalue weighted by Crippen LogP contribution is 2.45. The quantitative estimate of drug-likeness (QED) is 0.624. The van der Waals surface area contributed by atoms with Crippen molar-refractivity contribution in [1.29, 1.82) is 0 Å². The SMILES string of the molecule is O[C@@](Cn1cncn1)(c1ccc(F)cc1F)[C@@H](CC(F)(F)F)c1ncncc1F. The number of halogens is 6. The number of alkyl halides is 3. The molecule has 0 saturated heterocycles. The van der Waals surface area contributed by atoms with Gasteiger partial charge in [-0.15, -0.1) is 0 Å². The van der Waals surface area contributed by atoms with E-state index in [4.69, 9.17) is 0 Å². The zero-order chi connectivity index (χ0) is 21.2. The summed E-state index contributed by atoms with van der Waals surface area (Å²) < 4.78 is 83.2. The fraction of sp³-hybridized carbons (Fsp3) is 0.294. The molecule has 0 aliphatic heterocycles. The number of aromatic nitrogens is 5. The van der Waals surface area contributed by atoms with Crippen LogP contribution in [0.5, 0.6) is 0 Å². The Kier molecular flexibility index (Phi) is 5.55. The van der Waals surface area contributed by atoms with Crippen molar-refractivity contribution in [3.63, 3.8) is 0 Å². The summed E-state index contributed by atoms with van der Waals surface area (Å²) in [4.78, 5) is 10.6. The van der Waals surface area contributed by atoms with Gasteiger partial charge in [0, 0.05) is 17.5 Å². The Morgan fingerprint density at radius 3 is 2.38 bits per heavy atom. The second-order valence-electron chi connectivity index (χ2n) is 6.27. The van der Waals surface area contributed by atoms with E-state index in [-0.39, 0.29) is 0 Å². The number of hydrogen-bond acceptors (Lipinski definition) is 5. The molecule has 0 amide bonds. The van der Waals surface area contributed by atoms with Crippen LogP contribution in [-0.4, -0.2) is 36.0 Å².